The summed E-state index contributed by atoms with van der Waals surface area (Å²) in [6.45, 7) is 6.12. The fourth-order valence-corrected chi connectivity index (χ4v) is 3.16. The number of hydrogen-bond donors (Lipinski definition) is 2. The van der Waals surface area contributed by atoms with Crippen molar-refractivity contribution in [1.82, 2.24) is 10.3 Å². The third-order valence-corrected chi connectivity index (χ3v) is 5.21. The molecule has 7 nitrogen and oxygen atoms in total. The Kier molecular flexibility index (Phi) is 6.12. The molecule has 8 heteroatoms. The molecule has 0 aliphatic rings. The van der Waals surface area contributed by atoms with Gasteiger partial charge in [0.2, 0.25) is 0 Å². The zero-order chi connectivity index (χ0) is 20.2. The Bertz CT molecular complexity index is 894. The Morgan fingerprint density at radius 2 is 1.44 bits per heavy atom. The third-order valence-electron chi connectivity index (χ3n) is 3.94. The summed E-state index contributed by atoms with van der Waals surface area (Å²) in [4.78, 5) is 14.4. The minimum atomic E-state index is -3.90. The number of amides is 1. The lowest BCUT2D eigenvalue weighted by molar-refractivity contribution is 0.0944. The molecule has 2 aromatic carbocycles. The van der Waals surface area contributed by atoms with Gasteiger partial charge in [0.25, 0.3) is 15.9 Å². The lowest BCUT2D eigenvalue weighted by atomic mass is 9.87. The van der Waals surface area contributed by atoms with Crippen LogP contribution in [0, 0.1) is 0 Å². The van der Waals surface area contributed by atoms with Gasteiger partial charge in [-0.15, -0.1) is 4.83 Å². The fraction of sp³-hybridized carbons (Fsp3) is 0.316. The zero-order valence-corrected chi connectivity index (χ0v) is 16.8. The molecule has 2 aromatic rings. The van der Waals surface area contributed by atoms with Crippen molar-refractivity contribution in [2.24, 2.45) is 0 Å². The Morgan fingerprint density at radius 1 is 0.926 bits per heavy atom. The van der Waals surface area contributed by atoms with Crippen molar-refractivity contribution < 1.29 is 22.7 Å². The van der Waals surface area contributed by atoms with E-state index in [0.717, 1.165) is 5.56 Å². The summed E-state index contributed by atoms with van der Waals surface area (Å²) in [6, 6.07) is 11.1. The number of carbonyl (C=O) groups is 1. The first-order valence-electron chi connectivity index (χ1n) is 8.22. The van der Waals surface area contributed by atoms with E-state index in [1.54, 1.807) is 18.2 Å². The highest BCUT2D eigenvalue weighted by Crippen LogP contribution is 2.24. The van der Waals surface area contributed by atoms with Gasteiger partial charge in [0, 0.05) is 11.6 Å². The van der Waals surface area contributed by atoms with Gasteiger partial charge in [0.15, 0.2) is 0 Å². The average Bonchev–Trinajstić information content (AvgIpc) is 2.65. The molecule has 0 atom stereocenters. The van der Waals surface area contributed by atoms with Crippen LogP contribution >= 0.6 is 0 Å². The molecule has 0 bridgehead atoms. The molecular formula is C19H24N2O5S. The van der Waals surface area contributed by atoms with Crippen LogP contribution in [0.2, 0.25) is 0 Å². The highest BCUT2D eigenvalue weighted by atomic mass is 32.2. The zero-order valence-electron chi connectivity index (χ0n) is 16.0. The maximum atomic E-state index is 12.4. The molecule has 0 spiro atoms. The Morgan fingerprint density at radius 3 is 1.89 bits per heavy atom. The van der Waals surface area contributed by atoms with Crippen LogP contribution in [0.5, 0.6) is 11.5 Å². The Labute approximate surface area is 159 Å². The van der Waals surface area contributed by atoms with Crippen LogP contribution in [0.4, 0.5) is 0 Å². The lowest BCUT2D eigenvalue weighted by Gasteiger charge is -2.19. The van der Waals surface area contributed by atoms with Crippen molar-refractivity contribution in [2.75, 3.05) is 14.2 Å². The first-order chi connectivity index (χ1) is 12.6. The SMILES string of the molecule is COc1cc(OC)cc(C(=O)NNS(=O)(=O)c2ccc(C(C)(C)C)cc2)c1. The largest absolute Gasteiger partial charge is 0.497 e. The number of methoxy groups -OCH3 is 2. The summed E-state index contributed by atoms with van der Waals surface area (Å²) in [5.41, 5.74) is 3.31. The summed E-state index contributed by atoms with van der Waals surface area (Å²) < 4.78 is 35.0. The van der Waals surface area contributed by atoms with Gasteiger partial charge in [-0.1, -0.05) is 32.9 Å². The predicted octanol–water partition coefficient (Wildman–Crippen LogP) is 2.62. The maximum Gasteiger partial charge on any atom is 0.266 e. The third kappa shape index (κ3) is 5.21. The number of hydrazine groups is 1. The second-order valence-electron chi connectivity index (χ2n) is 6.94. The quantitative estimate of drug-likeness (QED) is 0.737. The number of sulfonamides is 1. The smallest absolute Gasteiger partial charge is 0.266 e. The molecule has 0 heterocycles. The molecule has 0 aliphatic carbocycles. The molecular weight excluding hydrogens is 368 g/mol. The minimum absolute atomic E-state index is 0.0547. The van der Waals surface area contributed by atoms with Gasteiger partial charge >= 0.3 is 0 Å². The van der Waals surface area contributed by atoms with Crippen LogP contribution < -0.4 is 19.7 Å². The Balaban J connectivity index is 2.14. The van der Waals surface area contributed by atoms with Crippen molar-refractivity contribution in [3.05, 3.63) is 53.6 Å². The van der Waals surface area contributed by atoms with Crippen molar-refractivity contribution in [2.45, 2.75) is 31.1 Å². The molecule has 1 amide bonds. The van der Waals surface area contributed by atoms with Crippen LogP contribution in [-0.2, 0) is 15.4 Å². The molecule has 0 fully saturated rings. The van der Waals surface area contributed by atoms with E-state index in [2.05, 4.69) is 10.3 Å². The molecule has 146 valence electrons. The molecule has 0 unspecified atom stereocenters. The van der Waals surface area contributed by atoms with Crippen molar-refractivity contribution in [3.63, 3.8) is 0 Å². The maximum absolute atomic E-state index is 12.4. The number of ether oxygens (including phenoxy) is 2. The van der Waals surface area contributed by atoms with E-state index in [4.69, 9.17) is 9.47 Å². The first kappa shape index (κ1) is 20.7. The van der Waals surface area contributed by atoms with Crippen molar-refractivity contribution in [1.29, 1.82) is 0 Å². The normalized spacial score (nSPS) is 11.7. The van der Waals surface area contributed by atoms with Crippen molar-refractivity contribution in [3.8, 4) is 11.5 Å². The van der Waals surface area contributed by atoms with E-state index in [1.807, 2.05) is 20.8 Å². The fourth-order valence-electron chi connectivity index (χ4n) is 2.32. The van der Waals surface area contributed by atoms with Crippen LogP contribution in [0.25, 0.3) is 0 Å². The van der Waals surface area contributed by atoms with Gasteiger partial charge in [0.05, 0.1) is 19.1 Å². The number of carbonyl (C=O) groups excluding carboxylic acids is 1. The number of benzene rings is 2. The van der Waals surface area contributed by atoms with Gasteiger partial charge in [0.1, 0.15) is 11.5 Å². The van der Waals surface area contributed by atoms with E-state index < -0.39 is 15.9 Å². The summed E-state index contributed by atoms with van der Waals surface area (Å²) in [6.07, 6.45) is 0. The molecule has 0 saturated heterocycles. The average molecular weight is 392 g/mol. The monoisotopic (exact) mass is 392 g/mol. The minimum Gasteiger partial charge on any atom is -0.497 e. The van der Waals surface area contributed by atoms with Gasteiger partial charge < -0.3 is 9.47 Å². The lowest BCUT2D eigenvalue weighted by Crippen LogP contribution is -2.41. The van der Waals surface area contributed by atoms with Crippen LogP contribution in [0.1, 0.15) is 36.7 Å². The summed E-state index contributed by atoms with van der Waals surface area (Å²) in [5.74, 6) is 0.197. The summed E-state index contributed by atoms with van der Waals surface area (Å²) >= 11 is 0. The molecule has 2 rings (SSSR count). The van der Waals surface area contributed by atoms with Gasteiger partial charge in [-0.3, -0.25) is 10.2 Å². The molecule has 2 N–H and O–H groups in total. The van der Waals surface area contributed by atoms with E-state index in [0.29, 0.717) is 11.5 Å². The highest BCUT2D eigenvalue weighted by Gasteiger charge is 2.19. The van der Waals surface area contributed by atoms with Crippen molar-refractivity contribution >= 4 is 15.9 Å². The highest BCUT2D eigenvalue weighted by molar-refractivity contribution is 7.89. The molecule has 0 radical (unpaired) electrons. The van der Waals surface area contributed by atoms with Crippen LogP contribution in [-0.4, -0.2) is 28.5 Å². The van der Waals surface area contributed by atoms with E-state index >= 15 is 0 Å². The van der Waals surface area contributed by atoms with E-state index in [1.165, 1.54) is 38.5 Å². The second kappa shape index (κ2) is 7.98. The molecule has 0 aliphatic heterocycles. The molecule has 27 heavy (non-hydrogen) atoms. The number of nitrogens with one attached hydrogen (secondary N) is 2. The Hall–Kier alpha value is -2.58. The number of hydrogen-bond acceptors (Lipinski definition) is 5. The molecule has 0 aromatic heterocycles. The summed E-state index contributed by atoms with van der Waals surface area (Å²) in [7, 11) is -0.984. The molecule has 0 saturated carbocycles. The second-order valence-corrected chi connectivity index (χ2v) is 8.62. The summed E-state index contributed by atoms with van der Waals surface area (Å²) in [5, 5.41) is 0. The van der Waals surface area contributed by atoms with E-state index in [9.17, 15) is 13.2 Å². The first-order valence-corrected chi connectivity index (χ1v) is 9.71. The van der Waals surface area contributed by atoms with Gasteiger partial charge in [-0.25, -0.2) is 8.42 Å². The van der Waals surface area contributed by atoms with Crippen LogP contribution in [0.3, 0.4) is 0 Å². The topological polar surface area (TPSA) is 93.7 Å². The standard InChI is InChI=1S/C19H24N2O5S/c1-19(2,3)14-6-8-17(9-7-14)27(23,24)21-20-18(22)13-10-15(25-4)12-16(11-13)26-5/h6-12,21H,1-5H3,(H,20,22). The van der Waals surface area contributed by atoms with E-state index in [-0.39, 0.29) is 15.9 Å². The predicted molar refractivity (Wildman–Crippen MR) is 102 cm³/mol. The number of rotatable bonds is 6. The van der Waals surface area contributed by atoms with Gasteiger partial charge in [-0.2, -0.15) is 0 Å². The van der Waals surface area contributed by atoms with Gasteiger partial charge in [-0.05, 0) is 35.2 Å². The van der Waals surface area contributed by atoms with Crippen LogP contribution in [0.15, 0.2) is 47.4 Å².